The van der Waals surface area contributed by atoms with Crippen LogP contribution < -0.4 is 0 Å². The maximum atomic E-state index is 11.8. The average Bonchev–Trinajstić information content (AvgIpc) is 2.38. The molecular weight excluding hydrogens is 240 g/mol. The topological polar surface area (TPSA) is 44.8 Å². The zero-order valence-electron chi connectivity index (χ0n) is 9.92. The van der Waals surface area contributed by atoms with Gasteiger partial charge in [0, 0.05) is 14.2 Å². The lowest BCUT2D eigenvalue weighted by Gasteiger charge is -2.15. The molecule has 0 aliphatic carbocycles. The largest absolute Gasteiger partial charge is 0.437 e. The predicted octanol–water partition coefficient (Wildman–Crippen LogP) is 2.21. The number of ether oxygens (including phenoxy) is 3. The first-order chi connectivity index (χ1) is 8.29. The van der Waals surface area contributed by atoms with Gasteiger partial charge < -0.3 is 14.2 Å². The molecule has 0 saturated heterocycles. The van der Waals surface area contributed by atoms with Crippen molar-refractivity contribution in [1.29, 1.82) is 0 Å². The van der Waals surface area contributed by atoms with E-state index in [9.17, 15) is 4.79 Å². The Bertz CT molecular complexity index is 329. The van der Waals surface area contributed by atoms with Crippen LogP contribution in [0.2, 0.25) is 0 Å². The van der Waals surface area contributed by atoms with Crippen molar-refractivity contribution in [3.63, 3.8) is 0 Å². The van der Waals surface area contributed by atoms with Crippen molar-refractivity contribution in [3.8, 4) is 0 Å². The number of thioether (sulfide) groups is 1. The van der Waals surface area contributed by atoms with Gasteiger partial charge in [0.1, 0.15) is 5.25 Å². The van der Waals surface area contributed by atoms with E-state index in [1.54, 1.807) is 7.11 Å². The van der Waals surface area contributed by atoms with Gasteiger partial charge >= 0.3 is 5.97 Å². The van der Waals surface area contributed by atoms with Crippen LogP contribution in [0.1, 0.15) is 10.8 Å². The second kappa shape index (κ2) is 8.11. The van der Waals surface area contributed by atoms with Gasteiger partial charge in [-0.15, -0.1) is 11.8 Å². The molecular formula is C12H16O4S. The summed E-state index contributed by atoms with van der Waals surface area (Å²) in [5.41, 5.74) is 0.899. The van der Waals surface area contributed by atoms with Crippen LogP contribution in [0.4, 0.5) is 0 Å². The van der Waals surface area contributed by atoms with Crippen LogP contribution in [0.15, 0.2) is 30.3 Å². The van der Waals surface area contributed by atoms with Crippen molar-refractivity contribution in [3.05, 3.63) is 35.9 Å². The predicted molar refractivity (Wildman–Crippen MR) is 66.6 cm³/mol. The number of hydrogen-bond acceptors (Lipinski definition) is 5. The molecule has 0 radical (unpaired) electrons. The second-order valence-electron chi connectivity index (χ2n) is 3.23. The van der Waals surface area contributed by atoms with Crippen LogP contribution >= 0.6 is 11.8 Å². The monoisotopic (exact) mass is 256 g/mol. The lowest BCUT2D eigenvalue weighted by molar-refractivity contribution is -0.153. The summed E-state index contributed by atoms with van der Waals surface area (Å²) in [5.74, 6) is 0.113. The van der Waals surface area contributed by atoms with Crippen molar-refractivity contribution in [2.24, 2.45) is 0 Å². The van der Waals surface area contributed by atoms with Gasteiger partial charge in [-0.25, -0.2) is 0 Å². The quantitative estimate of drug-likeness (QED) is 0.553. The molecule has 0 amide bonds. The molecule has 1 unspecified atom stereocenters. The molecule has 94 valence electrons. The normalized spacial score (nSPS) is 12.1. The zero-order chi connectivity index (χ0) is 12.5. The van der Waals surface area contributed by atoms with E-state index in [2.05, 4.69) is 0 Å². The third kappa shape index (κ3) is 4.77. The second-order valence-corrected chi connectivity index (χ2v) is 4.27. The zero-order valence-corrected chi connectivity index (χ0v) is 10.7. The summed E-state index contributed by atoms with van der Waals surface area (Å²) in [7, 11) is 3.07. The molecule has 0 spiro atoms. The van der Waals surface area contributed by atoms with Gasteiger partial charge in [0.15, 0.2) is 6.79 Å². The highest BCUT2D eigenvalue weighted by molar-refractivity contribution is 8.00. The summed E-state index contributed by atoms with van der Waals surface area (Å²) in [5, 5.41) is -0.383. The number of carbonyl (C=O) groups is 1. The van der Waals surface area contributed by atoms with Gasteiger partial charge in [-0.05, 0) is 5.56 Å². The molecule has 0 aliphatic rings. The molecule has 0 N–H and O–H groups in total. The Labute approximate surface area is 105 Å². The van der Waals surface area contributed by atoms with Crippen LogP contribution in [0, 0.1) is 0 Å². The first-order valence-electron chi connectivity index (χ1n) is 5.10. The lowest BCUT2D eigenvalue weighted by Crippen LogP contribution is -2.15. The number of hydrogen-bond donors (Lipinski definition) is 0. The van der Waals surface area contributed by atoms with Crippen LogP contribution in [0.5, 0.6) is 0 Å². The SMILES string of the molecule is COCOC(=O)C(SCOC)c1ccccc1. The minimum atomic E-state index is -0.383. The number of benzene rings is 1. The average molecular weight is 256 g/mol. The van der Waals surface area contributed by atoms with Crippen molar-refractivity contribution < 1.29 is 19.0 Å². The molecule has 0 heterocycles. The summed E-state index contributed by atoms with van der Waals surface area (Å²) in [6.45, 7) is -0.0320. The first-order valence-corrected chi connectivity index (χ1v) is 6.15. The van der Waals surface area contributed by atoms with E-state index in [1.165, 1.54) is 18.9 Å². The molecule has 0 bridgehead atoms. The highest BCUT2D eigenvalue weighted by Gasteiger charge is 2.22. The van der Waals surface area contributed by atoms with Crippen molar-refractivity contribution in [2.75, 3.05) is 27.0 Å². The summed E-state index contributed by atoms with van der Waals surface area (Å²) >= 11 is 1.38. The molecule has 1 rings (SSSR count). The number of rotatable bonds is 7. The molecule has 0 aromatic heterocycles. The van der Waals surface area contributed by atoms with Gasteiger partial charge in [0.25, 0.3) is 0 Å². The van der Waals surface area contributed by atoms with Crippen molar-refractivity contribution in [2.45, 2.75) is 5.25 Å². The molecule has 17 heavy (non-hydrogen) atoms. The van der Waals surface area contributed by atoms with E-state index < -0.39 is 0 Å². The Morgan fingerprint density at radius 1 is 1.24 bits per heavy atom. The fourth-order valence-corrected chi connectivity index (χ4v) is 2.08. The molecule has 0 saturated carbocycles. The Morgan fingerprint density at radius 2 is 1.94 bits per heavy atom. The highest BCUT2D eigenvalue weighted by Crippen LogP contribution is 2.29. The first kappa shape index (κ1) is 14.0. The molecule has 1 aromatic carbocycles. The number of methoxy groups -OCH3 is 2. The van der Waals surface area contributed by atoms with Crippen LogP contribution in [-0.2, 0) is 19.0 Å². The Hall–Kier alpha value is -1.04. The highest BCUT2D eigenvalue weighted by atomic mass is 32.2. The third-order valence-corrected chi connectivity index (χ3v) is 3.16. The molecule has 0 fully saturated rings. The lowest BCUT2D eigenvalue weighted by atomic mass is 10.1. The summed E-state index contributed by atoms with van der Waals surface area (Å²) in [4.78, 5) is 11.8. The molecule has 0 aliphatic heterocycles. The van der Waals surface area contributed by atoms with E-state index in [4.69, 9.17) is 14.2 Å². The van der Waals surface area contributed by atoms with Gasteiger partial charge in [-0.2, -0.15) is 0 Å². The minimum Gasteiger partial charge on any atom is -0.437 e. The summed E-state index contributed by atoms with van der Waals surface area (Å²) in [6.07, 6.45) is 0. The van der Waals surface area contributed by atoms with Crippen LogP contribution in [0.25, 0.3) is 0 Å². The van der Waals surface area contributed by atoms with E-state index in [0.29, 0.717) is 5.94 Å². The van der Waals surface area contributed by atoms with Gasteiger partial charge in [-0.3, -0.25) is 4.79 Å². The Morgan fingerprint density at radius 3 is 2.53 bits per heavy atom. The fourth-order valence-electron chi connectivity index (χ4n) is 1.26. The summed E-state index contributed by atoms with van der Waals surface area (Å²) < 4.78 is 14.7. The van der Waals surface area contributed by atoms with Crippen LogP contribution in [0.3, 0.4) is 0 Å². The van der Waals surface area contributed by atoms with Gasteiger partial charge in [0.2, 0.25) is 0 Å². The van der Waals surface area contributed by atoms with Gasteiger partial charge in [0.05, 0.1) is 5.94 Å². The van der Waals surface area contributed by atoms with E-state index >= 15 is 0 Å². The fraction of sp³-hybridized carbons (Fsp3) is 0.417. The number of carbonyl (C=O) groups excluding carboxylic acids is 1. The van der Waals surface area contributed by atoms with Gasteiger partial charge in [-0.1, -0.05) is 30.3 Å². The third-order valence-electron chi connectivity index (χ3n) is 1.99. The van der Waals surface area contributed by atoms with E-state index in [1.807, 2.05) is 30.3 Å². The molecule has 1 aromatic rings. The summed E-state index contributed by atoms with van der Waals surface area (Å²) in [6, 6.07) is 9.46. The van der Waals surface area contributed by atoms with E-state index in [0.717, 1.165) is 5.56 Å². The van der Waals surface area contributed by atoms with Crippen molar-refractivity contribution >= 4 is 17.7 Å². The maximum absolute atomic E-state index is 11.8. The van der Waals surface area contributed by atoms with Crippen molar-refractivity contribution in [1.82, 2.24) is 0 Å². The Balaban J connectivity index is 2.69. The smallest absolute Gasteiger partial charge is 0.325 e. The maximum Gasteiger partial charge on any atom is 0.325 e. The van der Waals surface area contributed by atoms with Crippen LogP contribution in [-0.4, -0.2) is 32.9 Å². The molecule has 5 heteroatoms. The molecule has 1 atom stereocenters. The minimum absolute atomic E-state index is 0.0320. The standard InChI is InChI=1S/C12H16O4S/c1-14-8-16-12(13)11(17-9-15-2)10-6-4-3-5-7-10/h3-7,11H,8-9H2,1-2H3. The number of esters is 1. The molecule has 4 nitrogen and oxygen atoms in total. The van der Waals surface area contributed by atoms with E-state index in [-0.39, 0.29) is 18.0 Å². The Kier molecular flexibility index (Phi) is 6.69.